The number of nitrogens with two attached hydrogens (primary N) is 1. The van der Waals surface area contributed by atoms with Gasteiger partial charge in [0, 0.05) is 18.3 Å². The highest BCUT2D eigenvalue weighted by molar-refractivity contribution is 5.69. The number of nitrogens with zero attached hydrogens (tertiary/aromatic N) is 2. The Hall–Kier alpha value is -1.61. The zero-order valence-electron chi connectivity index (χ0n) is 10.7. The molecule has 90 valence electrons. The molecular formula is C14H19N3. The zero-order chi connectivity index (χ0) is 12.4. The Balaban J connectivity index is 2.45. The molecule has 0 saturated heterocycles. The summed E-state index contributed by atoms with van der Waals surface area (Å²) in [5.74, 6) is 0. The van der Waals surface area contributed by atoms with E-state index >= 15 is 0 Å². The first kappa shape index (κ1) is 11.9. The topological polar surface area (TPSA) is 43.8 Å². The van der Waals surface area contributed by atoms with Gasteiger partial charge in [-0.05, 0) is 31.9 Å². The van der Waals surface area contributed by atoms with Gasteiger partial charge in [0.2, 0.25) is 0 Å². The van der Waals surface area contributed by atoms with Gasteiger partial charge in [0.15, 0.2) is 0 Å². The summed E-state index contributed by atoms with van der Waals surface area (Å²) < 4.78 is 1.92. The van der Waals surface area contributed by atoms with Crippen LogP contribution in [0.25, 0.3) is 11.1 Å². The molecule has 1 aromatic carbocycles. The van der Waals surface area contributed by atoms with Crippen LogP contribution in [0.3, 0.4) is 0 Å². The first-order chi connectivity index (χ1) is 8.11. The molecule has 0 aliphatic rings. The molecule has 0 atom stereocenters. The van der Waals surface area contributed by atoms with Crippen molar-refractivity contribution < 1.29 is 0 Å². The Morgan fingerprint density at radius 3 is 2.59 bits per heavy atom. The third kappa shape index (κ3) is 2.39. The minimum absolute atomic E-state index is 0.618. The summed E-state index contributed by atoms with van der Waals surface area (Å²) in [6.07, 6.45) is 2.08. The normalized spacial score (nSPS) is 10.8. The highest BCUT2D eigenvalue weighted by Gasteiger charge is 2.09. The maximum Gasteiger partial charge on any atom is 0.0672 e. The van der Waals surface area contributed by atoms with Crippen molar-refractivity contribution in [2.45, 2.75) is 27.3 Å². The van der Waals surface area contributed by atoms with Gasteiger partial charge in [-0.3, -0.25) is 4.68 Å². The van der Waals surface area contributed by atoms with Crippen LogP contribution < -0.4 is 5.73 Å². The molecule has 0 aliphatic carbocycles. The summed E-state index contributed by atoms with van der Waals surface area (Å²) in [7, 11) is 0. The highest BCUT2D eigenvalue weighted by atomic mass is 15.3. The second kappa shape index (κ2) is 4.72. The number of hydrogen-bond acceptors (Lipinski definition) is 2. The maximum atomic E-state index is 5.55. The van der Waals surface area contributed by atoms with E-state index in [-0.39, 0.29) is 0 Å². The SMILES string of the molecule is Cc1ccc(-c2cn(CCN)nc2C)c(C)c1. The lowest BCUT2D eigenvalue weighted by Gasteiger charge is -2.05. The number of aromatic nitrogens is 2. The minimum atomic E-state index is 0.618. The van der Waals surface area contributed by atoms with Crippen LogP contribution in [0.5, 0.6) is 0 Å². The molecule has 0 spiro atoms. The number of hydrogen-bond donors (Lipinski definition) is 1. The molecule has 3 nitrogen and oxygen atoms in total. The van der Waals surface area contributed by atoms with Crippen LogP contribution in [0, 0.1) is 20.8 Å². The summed E-state index contributed by atoms with van der Waals surface area (Å²) in [5.41, 5.74) is 11.7. The standard InChI is InChI=1S/C14H19N3/c1-10-4-5-13(11(2)8-10)14-9-17(7-6-15)16-12(14)3/h4-5,8-9H,6-7,15H2,1-3H3. The molecule has 0 saturated carbocycles. The van der Waals surface area contributed by atoms with E-state index in [0.29, 0.717) is 6.54 Å². The second-order valence-electron chi connectivity index (χ2n) is 4.50. The van der Waals surface area contributed by atoms with Crippen LogP contribution in [0.2, 0.25) is 0 Å². The van der Waals surface area contributed by atoms with E-state index in [2.05, 4.69) is 43.3 Å². The summed E-state index contributed by atoms with van der Waals surface area (Å²) >= 11 is 0. The Morgan fingerprint density at radius 1 is 1.18 bits per heavy atom. The summed E-state index contributed by atoms with van der Waals surface area (Å²) in [5, 5.41) is 4.48. The molecule has 0 bridgehead atoms. The predicted octanol–water partition coefficient (Wildman–Crippen LogP) is 2.43. The van der Waals surface area contributed by atoms with Crippen molar-refractivity contribution >= 4 is 0 Å². The summed E-state index contributed by atoms with van der Waals surface area (Å²) in [4.78, 5) is 0. The summed E-state index contributed by atoms with van der Waals surface area (Å²) in [6, 6.07) is 6.51. The van der Waals surface area contributed by atoms with Crippen LogP contribution in [0.15, 0.2) is 24.4 Å². The molecule has 3 heteroatoms. The first-order valence-electron chi connectivity index (χ1n) is 5.93. The monoisotopic (exact) mass is 229 g/mol. The van der Waals surface area contributed by atoms with Gasteiger partial charge >= 0.3 is 0 Å². The van der Waals surface area contributed by atoms with Gasteiger partial charge in [0.1, 0.15) is 0 Å². The van der Waals surface area contributed by atoms with Crippen molar-refractivity contribution in [3.05, 3.63) is 41.2 Å². The molecule has 0 unspecified atom stereocenters. The van der Waals surface area contributed by atoms with Crippen LogP contribution in [-0.2, 0) is 6.54 Å². The van der Waals surface area contributed by atoms with Crippen LogP contribution in [0.1, 0.15) is 16.8 Å². The molecule has 2 rings (SSSR count). The molecular weight excluding hydrogens is 210 g/mol. The molecule has 1 heterocycles. The minimum Gasteiger partial charge on any atom is -0.329 e. The Bertz CT molecular complexity index is 526. The van der Waals surface area contributed by atoms with E-state index in [1.54, 1.807) is 0 Å². The first-order valence-corrected chi connectivity index (χ1v) is 5.93. The average Bonchev–Trinajstić information content (AvgIpc) is 2.60. The van der Waals surface area contributed by atoms with Crippen LogP contribution in [-0.4, -0.2) is 16.3 Å². The van der Waals surface area contributed by atoms with E-state index in [4.69, 9.17) is 5.73 Å². The van der Waals surface area contributed by atoms with Gasteiger partial charge < -0.3 is 5.73 Å². The molecule has 0 amide bonds. The fraction of sp³-hybridized carbons (Fsp3) is 0.357. The third-order valence-corrected chi connectivity index (χ3v) is 2.98. The average molecular weight is 229 g/mol. The van der Waals surface area contributed by atoms with Crippen molar-refractivity contribution in [1.29, 1.82) is 0 Å². The quantitative estimate of drug-likeness (QED) is 0.878. The van der Waals surface area contributed by atoms with Crippen molar-refractivity contribution in [3.8, 4) is 11.1 Å². The third-order valence-electron chi connectivity index (χ3n) is 2.98. The molecule has 0 radical (unpaired) electrons. The Morgan fingerprint density at radius 2 is 1.94 bits per heavy atom. The van der Waals surface area contributed by atoms with Gasteiger partial charge in [-0.15, -0.1) is 0 Å². The molecule has 2 aromatic rings. The fourth-order valence-electron chi connectivity index (χ4n) is 2.14. The van der Waals surface area contributed by atoms with Gasteiger partial charge in [-0.1, -0.05) is 23.8 Å². The molecule has 0 aliphatic heterocycles. The molecule has 2 N–H and O–H groups in total. The van der Waals surface area contributed by atoms with E-state index in [0.717, 1.165) is 12.2 Å². The fourth-order valence-corrected chi connectivity index (χ4v) is 2.14. The van der Waals surface area contributed by atoms with E-state index in [1.165, 1.54) is 22.3 Å². The highest BCUT2D eigenvalue weighted by Crippen LogP contribution is 2.26. The van der Waals surface area contributed by atoms with Gasteiger partial charge in [0.05, 0.1) is 12.2 Å². The van der Waals surface area contributed by atoms with E-state index < -0.39 is 0 Å². The van der Waals surface area contributed by atoms with Crippen molar-refractivity contribution in [2.24, 2.45) is 5.73 Å². The smallest absolute Gasteiger partial charge is 0.0672 e. The van der Waals surface area contributed by atoms with Crippen molar-refractivity contribution in [2.75, 3.05) is 6.54 Å². The second-order valence-corrected chi connectivity index (χ2v) is 4.50. The number of aryl methyl sites for hydroxylation is 3. The lowest BCUT2D eigenvalue weighted by Crippen LogP contribution is -2.10. The van der Waals surface area contributed by atoms with E-state index in [1.807, 2.05) is 11.6 Å². The van der Waals surface area contributed by atoms with Gasteiger partial charge in [0.25, 0.3) is 0 Å². The lowest BCUT2D eigenvalue weighted by molar-refractivity contribution is 0.620. The Kier molecular flexibility index (Phi) is 3.29. The maximum absolute atomic E-state index is 5.55. The Labute approximate surface area is 102 Å². The van der Waals surface area contributed by atoms with Gasteiger partial charge in [-0.2, -0.15) is 5.10 Å². The van der Waals surface area contributed by atoms with Crippen LogP contribution >= 0.6 is 0 Å². The summed E-state index contributed by atoms with van der Waals surface area (Å²) in [6.45, 7) is 7.68. The van der Waals surface area contributed by atoms with E-state index in [9.17, 15) is 0 Å². The van der Waals surface area contributed by atoms with Crippen LogP contribution in [0.4, 0.5) is 0 Å². The van der Waals surface area contributed by atoms with Crippen molar-refractivity contribution in [3.63, 3.8) is 0 Å². The van der Waals surface area contributed by atoms with Gasteiger partial charge in [-0.25, -0.2) is 0 Å². The number of rotatable bonds is 3. The number of benzene rings is 1. The predicted molar refractivity (Wildman–Crippen MR) is 70.9 cm³/mol. The van der Waals surface area contributed by atoms with Crippen molar-refractivity contribution in [1.82, 2.24) is 9.78 Å². The zero-order valence-corrected chi connectivity index (χ0v) is 10.7. The lowest BCUT2D eigenvalue weighted by atomic mass is 10.00. The molecule has 1 aromatic heterocycles. The largest absolute Gasteiger partial charge is 0.329 e. The molecule has 0 fully saturated rings. The molecule has 17 heavy (non-hydrogen) atoms.